The molecule has 4 nitrogen and oxygen atoms in total. The van der Waals surface area contributed by atoms with Gasteiger partial charge in [-0.1, -0.05) is 26.3 Å². The SMILES string of the molecule is CCC(C)[C@H](N)c1ccc(O)c(C(=O)O)c1.Cl. The van der Waals surface area contributed by atoms with Crippen LogP contribution in [0.3, 0.4) is 0 Å². The van der Waals surface area contributed by atoms with Gasteiger partial charge in [-0.05, 0) is 23.6 Å². The third-order valence-corrected chi connectivity index (χ3v) is 2.89. The topological polar surface area (TPSA) is 83.5 Å². The van der Waals surface area contributed by atoms with Crippen molar-refractivity contribution >= 4 is 18.4 Å². The van der Waals surface area contributed by atoms with Gasteiger partial charge in [0.25, 0.3) is 0 Å². The molecule has 0 fully saturated rings. The van der Waals surface area contributed by atoms with E-state index in [0.717, 1.165) is 12.0 Å². The van der Waals surface area contributed by atoms with Crippen LogP contribution in [0.2, 0.25) is 0 Å². The molecule has 0 radical (unpaired) electrons. The number of carboxylic acids is 1. The van der Waals surface area contributed by atoms with Gasteiger partial charge in [-0.25, -0.2) is 4.79 Å². The molecule has 96 valence electrons. The van der Waals surface area contributed by atoms with E-state index in [-0.39, 0.29) is 35.7 Å². The highest BCUT2D eigenvalue weighted by Crippen LogP contribution is 2.26. The Morgan fingerprint density at radius 1 is 1.47 bits per heavy atom. The molecule has 0 bridgehead atoms. The molecule has 1 aromatic rings. The van der Waals surface area contributed by atoms with Gasteiger partial charge in [0.1, 0.15) is 11.3 Å². The van der Waals surface area contributed by atoms with E-state index in [0.29, 0.717) is 0 Å². The van der Waals surface area contributed by atoms with Crippen molar-refractivity contribution in [3.05, 3.63) is 29.3 Å². The Balaban J connectivity index is 0.00000256. The molecular formula is C12H18ClNO3. The third kappa shape index (κ3) is 3.61. The second-order valence-electron chi connectivity index (χ2n) is 3.99. The fourth-order valence-electron chi connectivity index (χ4n) is 1.51. The molecule has 1 unspecified atom stereocenters. The van der Waals surface area contributed by atoms with Crippen molar-refractivity contribution in [2.24, 2.45) is 11.7 Å². The highest BCUT2D eigenvalue weighted by molar-refractivity contribution is 5.90. The molecule has 1 aromatic carbocycles. The number of hydrogen-bond acceptors (Lipinski definition) is 3. The quantitative estimate of drug-likeness (QED) is 0.776. The molecule has 0 amide bonds. The molecule has 0 heterocycles. The Bertz CT molecular complexity index is 395. The highest BCUT2D eigenvalue weighted by atomic mass is 35.5. The van der Waals surface area contributed by atoms with E-state index < -0.39 is 5.97 Å². The third-order valence-electron chi connectivity index (χ3n) is 2.89. The Morgan fingerprint density at radius 3 is 2.53 bits per heavy atom. The van der Waals surface area contributed by atoms with Crippen LogP contribution in [-0.4, -0.2) is 16.2 Å². The average Bonchev–Trinajstić information content (AvgIpc) is 2.27. The Kier molecular flexibility index (Phi) is 5.99. The van der Waals surface area contributed by atoms with Crippen LogP contribution >= 0.6 is 12.4 Å². The highest BCUT2D eigenvalue weighted by Gasteiger charge is 2.17. The van der Waals surface area contributed by atoms with Gasteiger partial charge in [-0.2, -0.15) is 0 Å². The number of aromatic carboxylic acids is 1. The first-order valence-electron chi connectivity index (χ1n) is 5.29. The van der Waals surface area contributed by atoms with E-state index in [2.05, 4.69) is 0 Å². The molecule has 0 aliphatic rings. The summed E-state index contributed by atoms with van der Waals surface area (Å²) in [6.07, 6.45) is 0.921. The van der Waals surface area contributed by atoms with Gasteiger partial charge in [-0.15, -0.1) is 12.4 Å². The van der Waals surface area contributed by atoms with Gasteiger partial charge in [0.05, 0.1) is 0 Å². The van der Waals surface area contributed by atoms with E-state index in [1.807, 2.05) is 13.8 Å². The first kappa shape index (κ1) is 15.7. The molecule has 1 rings (SSSR count). The number of hydrogen-bond donors (Lipinski definition) is 3. The lowest BCUT2D eigenvalue weighted by atomic mass is 9.92. The van der Waals surface area contributed by atoms with E-state index in [1.54, 1.807) is 6.07 Å². The Hall–Kier alpha value is -1.26. The number of carbonyl (C=O) groups is 1. The number of phenols is 1. The maximum absolute atomic E-state index is 10.8. The minimum Gasteiger partial charge on any atom is -0.507 e. The monoisotopic (exact) mass is 259 g/mol. The van der Waals surface area contributed by atoms with E-state index >= 15 is 0 Å². The van der Waals surface area contributed by atoms with Crippen LogP contribution in [0.1, 0.15) is 42.2 Å². The largest absolute Gasteiger partial charge is 0.507 e. The maximum atomic E-state index is 10.8. The van der Waals surface area contributed by atoms with Crippen LogP contribution in [-0.2, 0) is 0 Å². The standard InChI is InChI=1S/C12H17NO3.ClH/c1-3-7(2)11(13)8-4-5-10(14)9(6-8)12(15)16;/h4-7,11,14H,3,13H2,1-2H3,(H,15,16);1H/t7?,11-;/m0./s1. The van der Waals surface area contributed by atoms with Crippen molar-refractivity contribution < 1.29 is 15.0 Å². The maximum Gasteiger partial charge on any atom is 0.339 e. The normalized spacial score (nSPS) is 13.6. The van der Waals surface area contributed by atoms with E-state index in [1.165, 1.54) is 12.1 Å². The van der Waals surface area contributed by atoms with Crippen molar-refractivity contribution in [2.45, 2.75) is 26.3 Å². The lowest BCUT2D eigenvalue weighted by molar-refractivity contribution is 0.0693. The van der Waals surface area contributed by atoms with Crippen LogP contribution in [0.25, 0.3) is 0 Å². The Morgan fingerprint density at radius 2 is 2.06 bits per heavy atom. The summed E-state index contributed by atoms with van der Waals surface area (Å²) in [5.74, 6) is -1.10. The molecule has 4 N–H and O–H groups in total. The summed E-state index contributed by atoms with van der Waals surface area (Å²) in [6.45, 7) is 4.04. The summed E-state index contributed by atoms with van der Waals surface area (Å²) in [7, 11) is 0. The zero-order valence-electron chi connectivity index (χ0n) is 9.88. The second-order valence-corrected chi connectivity index (χ2v) is 3.99. The fourth-order valence-corrected chi connectivity index (χ4v) is 1.51. The molecule has 2 atom stereocenters. The molecule has 0 aromatic heterocycles. The van der Waals surface area contributed by atoms with Crippen LogP contribution in [0.4, 0.5) is 0 Å². The molecule has 17 heavy (non-hydrogen) atoms. The zero-order chi connectivity index (χ0) is 12.3. The Labute approximate surface area is 107 Å². The summed E-state index contributed by atoms with van der Waals surface area (Å²) in [6, 6.07) is 4.28. The number of nitrogens with two attached hydrogens (primary N) is 1. The number of rotatable bonds is 4. The van der Waals surface area contributed by atoms with Gasteiger partial charge >= 0.3 is 5.97 Å². The molecule has 0 aliphatic heterocycles. The lowest BCUT2D eigenvalue weighted by Gasteiger charge is -2.19. The van der Waals surface area contributed by atoms with Crippen molar-refractivity contribution in [3.8, 4) is 5.75 Å². The summed E-state index contributed by atoms with van der Waals surface area (Å²) in [5, 5.41) is 18.2. The number of benzene rings is 1. The van der Waals surface area contributed by atoms with Crippen LogP contribution in [0.15, 0.2) is 18.2 Å². The van der Waals surface area contributed by atoms with Crippen LogP contribution in [0, 0.1) is 5.92 Å². The summed E-state index contributed by atoms with van der Waals surface area (Å²) in [4.78, 5) is 10.8. The summed E-state index contributed by atoms with van der Waals surface area (Å²) < 4.78 is 0. The zero-order valence-corrected chi connectivity index (χ0v) is 10.7. The number of halogens is 1. The predicted octanol–water partition coefficient (Wildman–Crippen LogP) is 2.56. The smallest absolute Gasteiger partial charge is 0.339 e. The molecular weight excluding hydrogens is 242 g/mol. The average molecular weight is 260 g/mol. The molecule has 0 saturated carbocycles. The minimum absolute atomic E-state index is 0. The van der Waals surface area contributed by atoms with Crippen molar-refractivity contribution in [2.75, 3.05) is 0 Å². The first-order valence-corrected chi connectivity index (χ1v) is 5.29. The van der Waals surface area contributed by atoms with Crippen molar-refractivity contribution in [1.82, 2.24) is 0 Å². The molecule has 0 spiro atoms. The molecule has 5 heteroatoms. The van der Waals surface area contributed by atoms with Gasteiger partial charge in [0, 0.05) is 6.04 Å². The van der Waals surface area contributed by atoms with Crippen LogP contribution < -0.4 is 5.73 Å². The fraction of sp³-hybridized carbons (Fsp3) is 0.417. The van der Waals surface area contributed by atoms with Crippen molar-refractivity contribution in [3.63, 3.8) is 0 Å². The summed E-state index contributed by atoms with van der Waals surface area (Å²) >= 11 is 0. The van der Waals surface area contributed by atoms with Gasteiger partial charge in [0.15, 0.2) is 0 Å². The van der Waals surface area contributed by atoms with Crippen LogP contribution in [0.5, 0.6) is 5.75 Å². The summed E-state index contributed by atoms with van der Waals surface area (Å²) in [5.41, 5.74) is 6.63. The van der Waals surface area contributed by atoms with E-state index in [9.17, 15) is 9.90 Å². The molecule has 0 saturated heterocycles. The van der Waals surface area contributed by atoms with Gasteiger partial charge in [0.2, 0.25) is 0 Å². The molecule has 0 aliphatic carbocycles. The number of carboxylic acid groups (broad SMARTS) is 1. The minimum atomic E-state index is -1.14. The lowest BCUT2D eigenvalue weighted by Crippen LogP contribution is -2.18. The first-order chi connectivity index (χ1) is 7.47. The predicted molar refractivity (Wildman–Crippen MR) is 68.7 cm³/mol. The van der Waals surface area contributed by atoms with Crippen molar-refractivity contribution in [1.29, 1.82) is 0 Å². The van der Waals surface area contributed by atoms with E-state index in [4.69, 9.17) is 10.8 Å². The van der Waals surface area contributed by atoms with Gasteiger partial charge in [-0.3, -0.25) is 0 Å². The second kappa shape index (κ2) is 6.47. The number of aromatic hydroxyl groups is 1. The van der Waals surface area contributed by atoms with Gasteiger partial charge < -0.3 is 15.9 Å².